The summed E-state index contributed by atoms with van der Waals surface area (Å²) in [6.07, 6.45) is 0.622. The van der Waals surface area contributed by atoms with Crippen LogP contribution in [-0.4, -0.2) is 30.3 Å². The second-order valence-electron chi connectivity index (χ2n) is 2.53. The molecular formula is C9H11ClF2O4. The molecule has 0 radical (unpaired) electrons. The molecule has 0 N–H and O–H groups in total. The topological polar surface area (TPSA) is 52.6 Å². The second-order valence-corrected chi connectivity index (χ2v) is 3.01. The van der Waals surface area contributed by atoms with Crippen molar-refractivity contribution >= 4 is 23.4 Å². The minimum Gasteiger partial charge on any atom is -0.500 e. The first-order valence-corrected chi connectivity index (χ1v) is 4.82. The number of rotatable bonds is 6. The third-order valence-electron chi connectivity index (χ3n) is 1.37. The normalized spacial score (nSPS) is 12.2. The van der Waals surface area contributed by atoms with E-state index < -0.39 is 22.7 Å². The van der Waals surface area contributed by atoms with E-state index in [0.29, 0.717) is 6.26 Å². The van der Waals surface area contributed by atoms with Crippen LogP contribution in [0.25, 0.3) is 0 Å². The van der Waals surface area contributed by atoms with E-state index in [9.17, 15) is 18.4 Å². The Bertz CT molecular complexity index is 296. The fourth-order valence-corrected chi connectivity index (χ4v) is 0.824. The summed E-state index contributed by atoms with van der Waals surface area (Å²) in [4.78, 5) is 22.2. The number of carbonyl (C=O) groups is 2. The van der Waals surface area contributed by atoms with Gasteiger partial charge in [-0.3, -0.25) is 4.79 Å². The smallest absolute Gasteiger partial charge is 0.385 e. The zero-order valence-electron chi connectivity index (χ0n) is 8.76. The highest BCUT2D eigenvalue weighted by atomic mass is 35.5. The fraction of sp³-hybridized carbons (Fsp3) is 0.556. The van der Waals surface area contributed by atoms with Crippen LogP contribution in [0.2, 0.25) is 0 Å². The van der Waals surface area contributed by atoms with Gasteiger partial charge in [0.2, 0.25) is 0 Å². The van der Waals surface area contributed by atoms with Gasteiger partial charge in [-0.1, -0.05) is 0 Å². The molecule has 0 unspecified atom stereocenters. The molecule has 0 rings (SSSR count). The highest BCUT2D eigenvalue weighted by Crippen LogP contribution is 2.24. The Morgan fingerprint density at radius 3 is 2.25 bits per heavy atom. The van der Waals surface area contributed by atoms with Crippen LogP contribution in [-0.2, 0) is 19.1 Å². The zero-order valence-corrected chi connectivity index (χ0v) is 9.51. The minimum atomic E-state index is -4.16. The monoisotopic (exact) mass is 256 g/mol. The van der Waals surface area contributed by atoms with Crippen LogP contribution in [0.4, 0.5) is 8.78 Å². The van der Waals surface area contributed by atoms with E-state index in [0.717, 1.165) is 0 Å². The van der Waals surface area contributed by atoms with Gasteiger partial charge >= 0.3 is 11.4 Å². The van der Waals surface area contributed by atoms with Gasteiger partial charge in [-0.2, -0.15) is 8.78 Å². The third kappa shape index (κ3) is 4.57. The van der Waals surface area contributed by atoms with Crippen LogP contribution >= 0.6 is 11.6 Å². The number of esters is 1. The highest BCUT2D eigenvalue weighted by molar-refractivity contribution is 6.38. The van der Waals surface area contributed by atoms with Gasteiger partial charge in [-0.25, -0.2) is 4.79 Å². The molecule has 0 saturated heterocycles. The quantitative estimate of drug-likeness (QED) is 0.182. The van der Waals surface area contributed by atoms with Crippen LogP contribution < -0.4 is 0 Å². The van der Waals surface area contributed by atoms with Crippen LogP contribution in [0, 0.1) is 0 Å². The predicted molar refractivity (Wildman–Crippen MR) is 52.1 cm³/mol. The molecule has 0 atom stereocenters. The molecule has 0 heterocycles. The Labute approximate surface area is 96.2 Å². The Morgan fingerprint density at radius 2 is 1.88 bits per heavy atom. The standard InChI is InChI=1S/C9H11ClF2O4/c1-3-15-5-6(8(14)16-4-2)7(13)9(10,11)12/h5H,3-4H2,1-2H3/b6-5-. The SMILES string of the molecule is CCO/C=C(\C(=O)OCC)C(=O)C(F)(F)Cl. The molecule has 16 heavy (non-hydrogen) atoms. The van der Waals surface area contributed by atoms with Crippen molar-refractivity contribution in [1.82, 2.24) is 0 Å². The molecule has 0 saturated carbocycles. The van der Waals surface area contributed by atoms with E-state index >= 15 is 0 Å². The Morgan fingerprint density at radius 1 is 1.31 bits per heavy atom. The lowest BCUT2D eigenvalue weighted by atomic mass is 10.2. The van der Waals surface area contributed by atoms with Crippen LogP contribution in [0.3, 0.4) is 0 Å². The zero-order chi connectivity index (χ0) is 12.8. The summed E-state index contributed by atoms with van der Waals surface area (Å²) in [6.45, 7) is 3.09. The van der Waals surface area contributed by atoms with Gasteiger partial charge in [0.1, 0.15) is 11.8 Å². The fourth-order valence-electron chi connectivity index (χ4n) is 0.723. The molecule has 0 aliphatic carbocycles. The summed E-state index contributed by atoms with van der Waals surface area (Å²) in [5.41, 5.74) is -0.913. The summed E-state index contributed by atoms with van der Waals surface area (Å²) in [6, 6.07) is 0. The van der Waals surface area contributed by atoms with Crippen molar-refractivity contribution in [1.29, 1.82) is 0 Å². The molecule has 0 aromatic carbocycles. The predicted octanol–water partition coefficient (Wildman–Crippen LogP) is 1.87. The number of ketones is 1. The van der Waals surface area contributed by atoms with Gasteiger partial charge in [-0.05, 0) is 25.4 Å². The molecule has 0 aromatic rings. The summed E-state index contributed by atoms with van der Waals surface area (Å²) in [5, 5.41) is -4.16. The number of Topliss-reactive ketones (excluding diaryl/α,β-unsaturated/α-hetero) is 1. The molecule has 0 aromatic heterocycles. The van der Waals surface area contributed by atoms with Gasteiger partial charge in [0, 0.05) is 0 Å². The van der Waals surface area contributed by atoms with Crippen molar-refractivity contribution in [2.24, 2.45) is 0 Å². The van der Waals surface area contributed by atoms with Crippen LogP contribution in [0.15, 0.2) is 11.8 Å². The molecule has 7 heteroatoms. The maximum atomic E-state index is 12.5. The van der Waals surface area contributed by atoms with E-state index in [2.05, 4.69) is 21.1 Å². The maximum Gasteiger partial charge on any atom is 0.385 e. The van der Waals surface area contributed by atoms with Gasteiger partial charge < -0.3 is 9.47 Å². The second kappa shape index (κ2) is 6.42. The van der Waals surface area contributed by atoms with E-state index in [1.54, 1.807) is 6.92 Å². The highest BCUT2D eigenvalue weighted by Gasteiger charge is 2.41. The number of carbonyl (C=O) groups excluding carboxylic acids is 2. The summed E-state index contributed by atoms with van der Waals surface area (Å²) in [5.74, 6) is -3.04. The number of hydrogen-bond acceptors (Lipinski definition) is 4. The molecule has 4 nitrogen and oxygen atoms in total. The van der Waals surface area contributed by atoms with Gasteiger partial charge in [-0.15, -0.1) is 0 Å². The van der Waals surface area contributed by atoms with Crippen molar-refractivity contribution < 1.29 is 27.8 Å². The number of halogens is 3. The van der Waals surface area contributed by atoms with E-state index in [1.807, 2.05) is 0 Å². The molecule has 0 spiro atoms. The van der Waals surface area contributed by atoms with Gasteiger partial charge in [0.05, 0.1) is 13.2 Å². The first kappa shape index (κ1) is 14.8. The molecule has 0 fully saturated rings. The summed E-state index contributed by atoms with van der Waals surface area (Å²) < 4.78 is 34.0. The molecule has 0 aliphatic rings. The molecule has 92 valence electrons. The van der Waals surface area contributed by atoms with Crippen molar-refractivity contribution in [3.05, 3.63) is 11.8 Å². The van der Waals surface area contributed by atoms with E-state index in [4.69, 9.17) is 0 Å². The lowest BCUT2D eigenvalue weighted by Crippen LogP contribution is -2.28. The van der Waals surface area contributed by atoms with Gasteiger partial charge in [0.25, 0.3) is 5.78 Å². The molecule has 0 aliphatic heterocycles. The summed E-state index contributed by atoms with van der Waals surface area (Å²) >= 11 is 4.51. The number of hydrogen-bond donors (Lipinski definition) is 0. The van der Waals surface area contributed by atoms with E-state index in [-0.39, 0.29) is 13.2 Å². The van der Waals surface area contributed by atoms with E-state index in [1.165, 1.54) is 6.92 Å². The van der Waals surface area contributed by atoms with Crippen molar-refractivity contribution in [2.75, 3.05) is 13.2 Å². The summed E-state index contributed by atoms with van der Waals surface area (Å²) in [7, 11) is 0. The largest absolute Gasteiger partial charge is 0.500 e. The Hall–Kier alpha value is -1.17. The Kier molecular flexibility index (Phi) is 5.95. The molecule has 0 amide bonds. The van der Waals surface area contributed by atoms with Crippen LogP contribution in [0.5, 0.6) is 0 Å². The van der Waals surface area contributed by atoms with Crippen molar-refractivity contribution in [3.8, 4) is 0 Å². The first-order chi connectivity index (χ1) is 7.34. The average molecular weight is 257 g/mol. The maximum absolute atomic E-state index is 12.5. The van der Waals surface area contributed by atoms with Crippen molar-refractivity contribution in [3.63, 3.8) is 0 Å². The van der Waals surface area contributed by atoms with Crippen molar-refractivity contribution in [2.45, 2.75) is 19.2 Å². The first-order valence-electron chi connectivity index (χ1n) is 4.45. The lowest BCUT2D eigenvalue weighted by molar-refractivity contribution is -0.143. The third-order valence-corrected chi connectivity index (χ3v) is 1.54. The molecular weight excluding hydrogens is 246 g/mol. The molecule has 0 bridgehead atoms. The lowest BCUT2D eigenvalue weighted by Gasteiger charge is -2.09. The van der Waals surface area contributed by atoms with Gasteiger partial charge in [0.15, 0.2) is 0 Å². The van der Waals surface area contributed by atoms with Crippen LogP contribution in [0.1, 0.15) is 13.8 Å². The Balaban J connectivity index is 4.96. The number of alkyl halides is 3. The minimum absolute atomic E-state index is 0.0521. The number of ether oxygens (including phenoxy) is 2. The average Bonchev–Trinajstić information content (AvgIpc) is 2.17.